The summed E-state index contributed by atoms with van der Waals surface area (Å²) >= 11 is 24.4. The van der Waals surface area contributed by atoms with Gasteiger partial charge in [0.25, 0.3) is 5.91 Å². The van der Waals surface area contributed by atoms with Gasteiger partial charge in [-0.1, -0.05) is 82.8 Å². The molecule has 4 heterocycles. The molecule has 8 atom stereocenters. The highest BCUT2D eigenvalue weighted by molar-refractivity contribution is 6.32. The molecule has 386 valence electrons. The maximum absolute atomic E-state index is 15.6. The minimum atomic E-state index is -1.66. The quantitative estimate of drug-likeness (QED) is 0.0492. The van der Waals surface area contributed by atoms with E-state index in [0.29, 0.717) is 45.0 Å². The Bertz CT molecular complexity index is 2900. The van der Waals surface area contributed by atoms with E-state index in [0.717, 1.165) is 32.0 Å². The van der Waals surface area contributed by atoms with Gasteiger partial charge in [-0.2, -0.15) is 0 Å². The summed E-state index contributed by atoms with van der Waals surface area (Å²) in [4.78, 5) is 86.5. The van der Waals surface area contributed by atoms with Gasteiger partial charge in [0.05, 0.1) is 48.2 Å². The molecule has 4 aromatic carbocycles. The summed E-state index contributed by atoms with van der Waals surface area (Å²) in [5.41, 5.74) is -1.63. The summed E-state index contributed by atoms with van der Waals surface area (Å²) in [6.07, 6.45) is 5.04. The first kappa shape index (κ1) is 53.5. The van der Waals surface area contributed by atoms with Crippen LogP contribution in [0.4, 0.5) is 20.2 Å². The van der Waals surface area contributed by atoms with Gasteiger partial charge >= 0.3 is 11.9 Å². The average Bonchev–Trinajstić information content (AvgIpc) is 4.28. The number of amides is 2. The van der Waals surface area contributed by atoms with Crippen molar-refractivity contribution in [1.82, 2.24) is 10.2 Å². The highest BCUT2D eigenvalue weighted by atomic mass is 35.5. The average molecular weight is 1090 g/mol. The fraction of sp³-hybridized carbons (Fsp3) is 0.420. The van der Waals surface area contributed by atoms with E-state index in [1.807, 2.05) is 4.90 Å². The van der Waals surface area contributed by atoms with E-state index >= 15 is 8.78 Å². The largest absolute Gasteiger partial charge is 0.469 e. The van der Waals surface area contributed by atoms with E-state index in [1.165, 1.54) is 56.7 Å². The minimum Gasteiger partial charge on any atom is -0.469 e. The second kappa shape index (κ2) is 21.6. The molecule has 2 unspecified atom stereocenters. The van der Waals surface area contributed by atoms with Crippen LogP contribution in [0, 0.1) is 43.7 Å². The Labute approximate surface area is 436 Å². The Balaban J connectivity index is 0.000000179. The van der Waals surface area contributed by atoms with E-state index < -0.39 is 92.3 Å². The van der Waals surface area contributed by atoms with Crippen LogP contribution >= 0.6 is 46.4 Å². The van der Waals surface area contributed by atoms with Crippen molar-refractivity contribution >= 4 is 87.8 Å². The normalized spacial score (nSPS) is 26.4. The topological polar surface area (TPSA) is 229 Å². The minimum absolute atomic E-state index is 0.00889. The molecule has 2 saturated heterocycles. The molecule has 0 bridgehead atoms. The van der Waals surface area contributed by atoms with Gasteiger partial charge in [0.1, 0.15) is 29.0 Å². The van der Waals surface area contributed by atoms with Crippen LogP contribution in [0.2, 0.25) is 20.1 Å². The van der Waals surface area contributed by atoms with Gasteiger partial charge in [-0.15, -0.1) is 0 Å². The molecule has 4 fully saturated rings. The lowest BCUT2D eigenvalue weighted by Crippen LogP contribution is -2.52. The molecule has 2 aliphatic carbocycles. The molecule has 0 aromatic heterocycles. The SMILES string of the molecule is COC(=O)CC[C@@H]1N[C@@]2(C(=O)Nc3cc(Cl)ccc32)[C@@H](c2cccc(Cl)c2F)C1[N+](=O)[O-].COC(=O)CC[C@H]1C([N+](=O)[O-])[C@H](c2cccc(Cl)c2F)[C@]2(C(=O)Nc3cc(Cl)ccc32)N1CC1CC1.O=CC1CC1. The number of benzene rings is 4. The Kier molecular flexibility index (Phi) is 15.8. The summed E-state index contributed by atoms with van der Waals surface area (Å²) in [6.45, 7) is 0.393. The van der Waals surface area contributed by atoms with Gasteiger partial charge < -0.3 is 24.9 Å². The number of fused-ring (bicyclic) bond motifs is 4. The van der Waals surface area contributed by atoms with Crippen LogP contribution in [0.3, 0.4) is 0 Å². The van der Waals surface area contributed by atoms with Crippen LogP contribution in [-0.2, 0) is 44.5 Å². The maximum Gasteiger partial charge on any atom is 0.305 e. The number of methoxy groups -OCH3 is 2. The smallest absolute Gasteiger partial charge is 0.305 e. The van der Waals surface area contributed by atoms with Crippen LogP contribution in [-0.4, -0.2) is 89.7 Å². The van der Waals surface area contributed by atoms with Gasteiger partial charge in [0.15, 0.2) is 0 Å². The lowest BCUT2D eigenvalue weighted by Gasteiger charge is -2.38. The number of nitrogens with one attached hydrogen (secondary N) is 3. The second-order valence-electron chi connectivity index (χ2n) is 18.8. The van der Waals surface area contributed by atoms with Crippen molar-refractivity contribution < 1.29 is 52.1 Å². The number of aldehydes is 1. The number of rotatable bonds is 13. The second-order valence-corrected chi connectivity index (χ2v) is 20.5. The Hall–Kier alpha value is -5.83. The maximum atomic E-state index is 15.6. The molecule has 4 aromatic rings. The van der Waals surface area contributed by atoms with E-state index in [1.54, 1.807) is 30.3 Å². The fourth-order valence-corrected chi connectivity index (χ4v) is 11.7. The number of carbonyl (C=O) groups is 5. The summed E-state index contributed by atoms with van der Waals surface area (Å²) in [6, 6.07) is 13.5. The summed E-state index contributed by atoms with van der Waals surface area (Å²) in [7, 11) is 2.46. The zero-order valence-corrected chi connectivity index (χ0v) is 42.1. The molecule has 3 N–H and O–H groups in total. The third-order valence-electron chi connectivity index (χ3n) is 14.5. The molecule has 4 aliphatic heterocycles. The predicted molar refractivity (Wildman–Crippen MR) is 265 cm³/mol. The number of carbonyl (C=O) groups excluding carboxylic acids is 5. The van der Waals surface area contributed by atoms with E-state index in [9.17, 15) is 44.2 Å². The Morgan fingerprint density at radius 1 is 0.740 bits per heavy atom. The molecular weight excluding hydrogens is 1040 g/mol. The van der Waals surface area contributed by atoms with Gasteiger partial charge in [0.2, 0.25) is 18.0 Å². The zero-order valence-electron chi connectivity index (χ0n) is 39.1. The van der Waals surface area contributed by atoms with Crippen molar-refractivity contribution in [3.05, 3.63) is 147 Å². The number of esters is 2. The number of hydrogen-bond donors (Lipinski definition) is 3. The molecule has 10 rings (SSSR count). The van der Waals surface area contributed by atoms with Crippen LogP contribution < -0.4 is 16.0 Å². The van der Waals surface area contributed by atoms with Crippen molar-refractivity contribution in [3.8, 4) is 0 Å². The van der Waals surface area contributed by atoms with Crippen LogP contribution in [0.1, 0.15) is 85.5 Å². The van der Waals surface area contributed by atoms with Gasteiger partial charge in [0, 0.05) is 78.8 Å². The number of halogens is 6. The first-order chi connectivity index (χ1) is 34.8. The molecule has 2 amide bonds. The number of likely N-dealkylation sites (tertiary alicyclic amines) is 1. The summed E-state index contributed by atoms with van der Waals surface area (Å²) in [5, 5.41) is 34.0. The molecular formula is C50H48Cl4F2N6O11. The Morgan fingerprint density at radius 3 is 1.77 bits per heavy atom. The summed E-state index contributed by atoms with van der Waals surface area (Å²) in [5.74, 6) is -5.54. The van der Waals surface area contributed by atoms with E-state index in [-0.39, 0.29) is 52.8 Å². The van der Waals surface area contributed by atoms with E-state index in [4.69, 9.17) is 51.1 Å². The fourth-order valence-electron chi connectivity index (χ4n) is 11.0. The molecule has 0 radical (unpaired) electrons. The first-order valence-corrected chi connectivity index (χ1v) is 24.9. The predicted octanol–water partition coefficient (Wildman–Crippen LogP) is 8.99. The van der Waals surface area contributed by atoms with Crippen molar-refractivity contribution in [2.45, 2.75) is 98.4 Å². The van der Waals surface area contributed by atoms with Crippen molar-refractivity contribution in [3.63, 3.8) is 0 Å². The molecule has 2 saturated carbocycles. The number of anilines is 2. The summed E-state index contributed by atoms with van der Waals surface area (Å²) < 4.78 is 40.2. The third kappa shape index (κ3) is 9.99. The Morgan fingerprint density at radius 2 is 1.26 bits per heavy atom. The first-order valence-electron chi connectivity index (χ1n) is 23.3. The monoisotopic (exact) mass is 1090 g/mol. The molecule has 17 nitrogen and oxygen atoms in total. The molecule has 23 heteroatoms. The number of hydrogen-bond acceptors (Lipinski definition) is 13. The number of ether oxygens (including phenoxy) is 2. The van der Waals surface area contributed by atoms with Crippen LogP contribution in [0.15, 0.2) is 72.8 Å². The number of nitro groups is 2. The van der Waals surface area contributed by atoms with Gasteiger partial charge in [-0.25, -0.2) is 8.78 Å². The van der Waals surface area contributed by atoms with Gasteiger partial charge in [-0.3, -0.25) is 49.6 Å². The highest BCUT2D eigenvalue weighted by Gasteiger charge is 2.72. The van der Waals surface area contributed by atoms with Crippen molar-refractivity contribution in [1.29, 1.82) is 0 Å². The van der Waals surface area contributed by atoms with Crippen molar-refractivity contribution in [2.24, 2.45) is 11.8 Å². The van der Waals surface area contributed by atoms with E-state index in [2.05, 4.69) is 20.7 Å². The van der Waals surface area contributed by atoms with Crippen molar-refractivity contribution in [2.75, 3.05) is 31.4 Å². The number of nitrogens with zero attached hydrogens (tertiary/aromatic N) is 3. The lowest BCUT2D eigenvalue weighted by molar-refractivity contribution is -0.528. The molecule has 6 aliphatic rings. The van der Waals surface area contributed by atoms with Crippen LogP contribution in [0.5, 0.6) is 0 Å². The molecule has 73 heavy (non-hydrogen) atoms. The standard InChI is InChI=1S/C25H24Cl2FN3O5.C21H18Cl2FN3O5.C4H6O/c1-36-20(32)10-9-19-23(31(34)35)21(15-3-2-4-17(27)22(15)28)25(30(19)12-13-5-6-13)16-8-7-14(26)11-18(16)29-24(25)33;1-32-16(28)8-7-14-19(27(30)31)17(11-3-2-4-13(23)18(11)24)21(26-14)12-6-5-10(22)9-15(12)25-20(21)29;5-3-4-1-2-4/h2-4,7-8,11,13,19,21,23H,5-6,9-10,12H2,1H3,(H,29,33);2-6,9,14,17,19,26H,7-8H2,1H3,(H,25,29);3-4H,1-2H2/t19-,21-,23?,25+;14-,17-,19?,21+;/m00./s1. The van der Waals surface area contributed by atoms with Crippen LogP contribution in [0.25, 0.3) is 0 Å². The van der Waals surface area contributed by atoms with Gasteiger partial charge in [-0.05, 0) is 80.8 Å². The lowest BCUT2D eigenvalue weighted by atomic mass is 9.73. The zero-order chi connectivity index (χ0) is 52.7. The highest BCUT2D eigenvalue weighted by Crippen LogP contribution is 2.60. The molecule has 2 spiro atoms. The third-order valence-corrected chi connectivity index (χ3v) is 15.6.